The third kappa shape index (κ3) is 6.51. The smallest absolute Gasteiger partial charge is 0.212 e. The Balaban J connectivity index is 3.49. The third-order valence-corrected chi connectivity index (χ3v) is 2.11. The number of nitrogens with zero attached hydrogens (tertiary/aromatic N) is 1. The van der Waals surface area contributed by atoms with Gasteiger partial charge in [0.05, 0.1) is 6.10 Å². The lowest BCUT2D eigenvalue weighted by Crippen LogP contribution is -2.22. The molecule has 78 valence electrons. The molecule has 0 aromatic rings. The van der Waals surface area contributed by atoms with E-state index >= 15 is 0 Å². The van der Waals surface area contributed by atoms with E-state index in [0.29, 0.717) is 6.42 Å². The van der Waals surface area contributed by atoms with Gasteiger partial charge in [0, 0.05) is 18.3 Å². The summed E-state index contributed by atoms with van der Waals surface area (Å²) < 4.78 is 0. The zero-order chi connectivity index (χ0) is 10.3. The van der Waals surface area contributed by atoms with E-state index in [1.54, 1.807) is 0 Å². The lowest BCUT2D eigenvalue weighted by molar-refractivity contribution is -0.520. The number of nitro groups is 1. The minimum atomic E-state index is -0.628. The van der Waals surface area contributed by atoms with Gasteiger partial charge in [0.15, 0.2) is 0 Å². The summed E-state index contributed by atoms with van der Waals surface area (Å²) in [5, 5.41) is 19.6. The fourth-order valence-electron chi connectivity index (χ4n) is 1.23. The number of rotatable bonds is 7. The Morgan fingerprint density at radius 2 is 2.08 bits per heavy atom. The maximum Gasteiger partial charge on any atom is 0.212 e. The van der Waals surface area contributed by atoms with Crippen molar-refractivity contribution < 1.29 is 10.0 Å². The molecule has 0 fully saturated rings. The van der Waals surface area contributed by atoms with Gasteiger partial charge in [0.2, 0.25) is 6.04 Å². The summed E-state index contributed by atoms with van der Waals surface area (Å²) in [6.45, 7) is 3.62. The molecule has 0 aromatic carbocycles. The fourth-order valence-corrected chi connectivity index (χ4v) is 1.23. The summed E-state index contributed by atoms with van der Waals surface area (Å²) in [6.07, 6.45) is 3.61. The highest BCUT2D eigenvalue weighted by molar-refractivity contribution is 4.60. The molecule has 0 rings (SSSR count). The van der Waals surface area contributed by atoms with Gasteiger partial charge in [-0.2, -0.15) is 0 Å². The lowest BCUT2D eigenvalue weighted by Gasteiger charge is -2.10. The Morgan fingerprint density at radius 1 is 1.46 bits per heavy atom. The molecule has 13 heavy (non-hydrogen) atoms. The number of aliphatic hydroxyl groups is 1. The Labute approximate surface area is 79.1 Å². The second-order valence-electron chi connectivity index (χ2n) is 3.52. The van der Waals surface area contributed by atoms with Crippen molar-refractivity contribution in [1.29, 1.82) is 0 Å². The van der Waals surface area contributed by atoms with Crippen LogP contribution in [0.4, 0.5) is 0 Å². The van der Waals surface area contributed by atoms with Crippen LogP contribution in [0.3, 0.4) is 0 Å². The molecule has 0 saturated carbocycles. The minimum Gasteiger partial charge on any atom is -0.393 e. The summed E-state index contributed by atoms with van der Waals surface area (Å²) in [6, 6.07) is -0.628. The molecule has 0 saturated heterocycles. The van der Waals surface area contributed by atoms with Crippen LogP contribution in [-0.4, -0.2) is 22.2 Å². The maximum atomic E-state index is 10.3. The Bertz CT molecular complexity index is 150. The summed E-state index contributed by atoms with van der Waals surface area (Å²) in [4.78, 5) is 9.91. The van der Waals surface area contributed by atoms with Crippen molar-refractivity contribution in [3.8, 4) is 0 Å². The molecule has 0 aliphatic heterocycles. The highest BCUT2D eigenvalue weighted by Gasteiger charge is 2.17. The Hall–Kier alpha value is -0.640. The highest BCUT2D eigenvalue weighted by Crippen LogP contribution is 2.09. The molecule has 1 N–H and O–H groups in total. The van der Waals surface area contributed by atoms with Crippen LogP contribution in [0.5, 0.6) is 0 Å². The van der Waals surface area contributed by atoms with Crippen LogP contribution in [0.25, 0.3) is 0 Å². The quantitative estimate of drug-likeness (QED) is 0.378. The van der Waals surface area contributed by atoms with Gasteiger partial charge in [0.1, 0.15) is 0 Å². The first-order chi connectivity index (χ1) is 6.07. The SMILES string of the molecule is CCCCC[C@H](O)CC(C)[N+](=O)[O-]. The molecule has 0 amide bonds. The average Bonchev–Trinajstić information content (AvgIpc) is 2.04. The van der Waals surface area contributed by atoms with Gasteiger partial charge in [-0.3, -0.25) is 10.1 Å². The molecular weight excluding hydrogens is 170 g/mol. The zero-order valence-corrected chi connectivity index (χ0v) is 8.40. The van der Waals surface area contributed by atoms with E-state index in [9.17, 15) is 15.2 Å². The van der Waals surface area contributed by atoms with Gasteiger partial charge >= 0.3 is 0 Å². The molecule has 0 aliphatic rings. The number of hydrogen-bond donors (Lipinski definition) is 1. The molecule has 0 spiro atoms. The number of hydrogen-bond acceptors (Lipinski definition) is 3. The second kappa shape index (κ2) is 6.83. The molecule has 0 aliphatic carbocycles. The largest absolute Gasteiger partial charge is 0.393 e. The molecule has 0 heterocycles. The predicted octanol–water partition coefficient (Wildman–Crippen LogP) is 1.98. The maximum absolute atomic E-state index is 10.3. The van der Waals surface area contributed by atoms with Gasteiger partial charge in [0.25, 0.3) is 0 Å². The first-order valence-corrected chi connectivity index (χ1v) is 4.89. The van der Waals surface area contributed by atoms with Gasteiger partial charge < -0.3 is 5.11 Å². The van der Waals surface area contributed by atoms with Gasteiger partial charge in [-0.05, 0) is 6.42 Å². The van der Waals surface area contributed by atoms with Crippen LogP contribution in [0.2, 0.25) is 0 Å². The van der Waals surface area contributed by atoms with E-state index < -0.39 is 12.1 Å². The standard InChI is InChI=1S/C9H19NO3/c1-3-4-5-6-9(11)7-8(2)10(12)13/h8-9,11H,3-7H2,1-2H3/t8?,9-/m0/s1. The van der Waals surface area contributed by atoms with E-state index in [2.05, 4.69) is 6.92 Å². The van der Waals surface area contributed by atoms with Crippen molar-refractivity contribution >= 4 is 0 Å². The van der Waals surface area contributed by atoms with Crippen LogP contribution < -0.4 is 0 Å². The summed E-state index contributed by atoms with van der Waals surface area (Å²) in [7, 11) is 0. The van der Waals surface area contributed by atoms with Crippen molar-refractivity contribution in [2.75, 3.05) is 0 Å². The van der Waals surface area contributed by atoms with Crippen LogP contribution in [-0.2, 0) is 0 Å². The van der Waals surface area contributed by atoms with E-state index in [1.807, 2.05) is 0 Å². The summed E-state index contributed by atoms with van der Waals surface area (Å²) in [5.74, 6) is 0. The average molecular weight is 189 g/mol. The number of unbranched alkanes of at least 4 members (excludes halogenated alkanes) is 2. The van der Waals surface area contributed by atoms with Crippen LogP contribution in [0, 0.1) is 10.1 Å². The van der Waals surface area contributed by atoms with Crippen LogP contribution >= 0.6 is 0 Å². The Kier molecular flexibility index (Phi) is 6.49. The molecule has 0 radical (unpaired) electrons. The normalized spacial score (nSPS) is 15.3. The van der Waals surface area contributed by atoms with Gasteiger partial charge in [-0.1, -0.05) is 26.2 Å². The molecule has 1 unspecified atom stereocenters. The fraction of sp³-hybridized carbons (Fsp3) is 1.00. The summed E-state index contributed by atoms with van der Waals surface area (Å²) >= 11 is 0. The minimum absolute atomic E-state index is 0.275. The van der Waals surface area contributed by atoms with E-state index in [0.717, 1.165) is 19.3 Å². The van der Waals surface area contributed by atoms with Gasteiger partial charge in [-0.25, -0.2) is 0 Å². The van der Waals surface area contributed by atoms with Crippen molar-refractivity contribution in [3.05, 3.63) is 10.1 Å². The molecular formula is C9H19NO3. The van der Waals surface area contributed by atoms with Crippen molar-refractivity contribution in [2.24, 2.45) is 0 Å². The summed E-state index contributed by atoms with van der Waals surface area (Å²) in [5.41, 5.74) is 0. The van der Waals surface area contributed by atoms with E-state index in [-0.39, 0.29) is 11.3 Å². The van der Waals surface area contributed by atoms with Crippen molar-refractivity contribution in [2.45, 2.75) is 58.1 Å². The van der Waals surface area contributed by atoms with E-state index in [1.165, 1.54) is 6.92 Å². The molecule has 4 heteroatoms. The third-order valence-electron chi connectivity index (χ3n) is 2.11. The zero-order valence-electron chi connectivity index (χ0n) is 8.40. The predicted molar refractivity (Wildman–Crippen MR) is 51.2 cm³/mol. The van der Waals surface area contributed by atoms with Crippen LogP contribution in [0.15, 0.2) is 0 Å². The number of aliphatic hydroxyl groups excluding tert-OH is 1. The lowest BCUT2D eigenvalue weighted by atomic mass is 10.0. The first kappa shape index (κ1) is 12.4. The molecule has 2 atom stereocenters. The molecule has 4 nitrogen and oxygen atoms in total. The monoisotopic (exact) mass is 189 g/mol. The first-order valence-electron chi connectivity index (χ1n) is 4.89. The van der Waals surface area contributed by atoms with Gasteiger partial charge in [-0.15, -0.1) is 0 Å². The second-order valence-corrected chi connectivity index (χ2v) is 3.52. The molecule has 0 bridgehead atoms. The van der Waals surface area contributed by atoms with Crippen molar-refractivity contribution in [1.82, 2.24) is 0 Å². The molecule has 0 aromatic heterocycles. The van der Waals surface area contributed by atoms with E-state index in [4.69, 9.17) is 0 Å². The topological polar surface area (TPSA) is 63.4 Å². The van der Waals surface area contributed by atoms with Crippen LogP contribution in [0.1, 0.15) is 46.0 Å². The highest BCUT2D eigenvalue weighted by atomic mass is 16.6. The Morgan fingerprint density at radius 3 is 2.54 bits per heavy atom. The van der Waals surface area contributed by atoms with Crippen molar-refractivity contribution in [3.63, 3.8) is 0 Å².